The highest BCUT2D eigenvalue weighted by Crippen LogP contribution is 2.20. The van der Waals surface area contributed by atoms with Crippen LogP contribution < -0.4 is 15.4 Å². The Bertz CT molecular complexity index is 888. The maximum absolute atomic E-state index is 12.4. The Morgan fingerprint density at radius 2 is 1.96 bits per heavy atom. The van der Waals surface area contributed by atoms with Gasteiger partial charge in [-0.2, -0.15) is 0 Å². The molecule has 2 aromatic heterocycles. The predicted octanol–water partition coefficient (Wildman–Crippen LogP) is 2.64. The summed E-state index contributed by atoms with van der Waals surface area (Å²) in [4.78, 5) is 16.6. The Morgan fingerprint density at radius 1 is 1.15 bits per heavy atom. The average molecular weight is 364 g/mol. The van der Waals surface area contributed by atoms with Gasteiger partial charge in [0.25, 0.3) is 5.91 Å². The number of carbonyl (C=O) groups is 1. The highest BCUT2D eigenvalue weighted by atomic mass is 16.5. The predicted molar refractivity (Wildman–Crippen MR) is 99.9 cm³/mol. The third-order valence-electron chi connectivity index (χ3n) is 4.39. The van der Waals surface area contributed by atoms with E-state index in [4.69, 9.17) is 4.74 Å². The Labute approximate surface area is 156 Å². The molecule has 1 aliphatic heterocycles. The summed E-state index contributed by atoms with van der Waals surface area (Å²) in [6.45, 7) is 1.91. The molecule has 4 rings (SSSR count). The van der Waals surface area contributed by atoms with Crippen molar-refractivity contribution in [1.29, 1.82) is 0 Å². The van der Waals surface area contributed by atoms with Crippen LogP contribution in [-0.2, 0) is 0 Å². The number of hydrogen-bond donors (Lipinski definition) is 2. The molecule has 0 unspecified atom stereocenters. The summed E-state index contributed by atoms with van der Waals surface area (Å²) in [7, 11) is 0. The number of benzene rings is 1. The van der Waals surface area contributed by atoms with Crippen LogP contribution in [0.2, 0.25) is 0 Å². The molecular weight excluding hydrogens is 344 g/mol. The first-order valence-corrected chi connectivity index (χ1v) is 8.91. The first kappa shape index (κ1) is 17.2. The largest absolute Gasteiger partial charge is 0.439 e. The highest BCUT2D eigenvalue weighted by Gasteiger charge is 2.18. The van der Waals surface area contributed by atoms with Crippen LogP contribution in [-0.4, -0.2) is 39.0 Å². The van der Waals surface area contributed by atoms with Crippen LogP contribution in [0.25, 0.3) is 0 Å². The third-order valence-corrected chi connectivity index (χ3v) is 4.39. The van der Waals surface area contributed by atoms with E-state index >= 15 is 0 Å². The second kappa shape index (κ2) is 7.96. The first-order valence-electron chi connectivity index (χ1n) is 8.91. The van der Waals surface area contributed by atoms with Gasteiger partial charge in [0, 0.05) is 6.07 Å². The number of aromatic nitrogens is 4. The highest BCUT2D eigenvalue weighted by molar-refractivity contribution is 6.02. The van der Waals surface area contributed by atoms with E-state index in [-0.39, 0.29) is 17.6 Å². The van der Waals surface area contributed by atoms with Crippen molar-refractivity contribution in [2.45, 2.75) is 18.9 Å². The Hall–Kier alpha value is -3.26. The lowest BCUT2D eigenvalue weighted by molar-refractivity contribution is 0.102. The van der Waals surface area contributed by atoms with Gasteiger partial charge in [-0.1, -0.05) is 23.4 Å². The number of nitrogens with one attached hydrogen (secondary N) is 2. The number of pyridine rings is 1. The van der Waals surface area contributed by atoms with Gasteiger partial charge in [-0.15, -0.1) is 5.10 Å². The molecule has 8 heteroatoms. The molecule has 3 aromatic rings. The number of nitrogens with zero attached hydrogens (tertiary/aromatic N) is 4. The van der Waals surface area contributed by atoms with E-state index in [2.05, 4.69) is 25.9 Å². The van der Waals surface area contributed by atoms with Gasteiger partial charge in [-0.3, -0.25) is 4.79 Å². The normalized spacial score (nSPS) is 14.7. The van der Waals surface area contributed by atoms with Crippen LogP contribution in [0, 0.1) is 0 Å². The fourth-order valence-electron chi connectivity index (χ4n) is 2.95. The number of piperidine rings is 1. The van der Waals surface area contributed by atoms with Crippen molar-refractivity contribution < 1.29 is 9.53 Å². The lowest BCUT2D eigenvalue weighted by Gasteiger charge is -2.22. The Kier molecular flexibility index (Phi) is 5.06. The van der Waals surface area contributed by atoms with Gasteiger partial charge in [0.15, 0.2) is 5.69 Å². The summed E-state index contributed by atoms with van der Waals surface area (Å²) < 4.78 is 7.42. The number of anilines is 1. The fourth-order valence-corrected chi connectivity index (χ4v) is 2.95. The fraction of sp³-hybridized carbons (Fsp3) is 0.263. The molecule has 1 aliphatic rings. The van der Waals surface area contributed by atoms with Crippen LogP contribution in [0.15, 0.2) is 54.9 Å². The summed E-state index contributed by atoms with van der Waals surface area (Å²) in [5, 5.41) is 14.2. The topological polar surface area (TPSA) is 94.0 Å². The van der Waals surface area contributed by atoms with E-state index in [0.717, 1.165) is 25.9 Å². The molecule has 3 heterocycles. The van der Waals surface area contributed by atoms with Gasteiger partial charge in [0.05, 0.1) is 24.1 Å². The van der Waals surface area contributed by atoms with Gasteiger partial charge in [0.1, 0.15) is 5.75 Å². The van der Waals surface area contributed by atoms with Crippen molar-refractivity contribution in [2.24, 2.45) is 0 Å². The molecule has 1 fully saturated rings. The van der Waals surface area contributed by atoms with Crippen LogP contribution in [0.1, 0.15) is 29.4 Å². The monoisotopic (exact) mass is 364 g/mol. The zero-order valence-electron chi connectivity index (χ0n) is 14.7. The van der Waals surface area contributed by atoms with E-state index < -0.39 is 0 Å². The molecule has 2 N–H and O–H groups in total. The van der Waals surface area contributed by atoms with Gasteiger partial charge in [-0.25, -0.2) is 9.67 Å². The number of carbonyl (C=O) groups excluding carboxylic acids is 1. The summed E-state index contributed by atoms with van der Waals surface area (Å²) in [5.74, 6) is 0.848. The van der Waals surface area contributed by atoms with E-state index in [1.807, 2.05) is 30.3 Å². The van der Waals surface area contributed by atoms with E-state index in [1.54, 1.807) is 29.2 Å². The number of hydrogen-bond acceptors (Lipinski definition) is 6. The van der Waals surface area contributed by atoms with Crippen LogP contribution in [0.5, 0.6) is 11.6 Å². The van der Waals surface area contributed by atoms with Crippen molar-refractivity contribution in [3.05, 3.63) is 60.6 Å². The quantitative estimate of drug-likeness (QED) is 0.723. The van der Waals surface area contributed by atoms with E-state index in [0.29, 0.717) is 17.3 Å². The maximum Gasteiger partial charge on any atom is 0.277 e. The molecule has 0 aliphatic carbocycles. The first-order chi connectivity index (χ1) is 13.3. The summed E-state index contributed by atoms with van der Waals surface area (Å²) in [5.41, 5.74) is 0.856. The van der Waals surface area contributed by atoms with Crippen molar-refractivity contribution in [1.82, 2.24) is 25.3 Å². The van der Waals surface area contributed by atoms with E-state index in [9.17, 15) is 4.79 Å². The SMILES string of the molecule is O=C(Nc1ccc(Oc2ccccc2)nc1)c1cn(C2CCNCC2)nn1. The molecule has 0 bridgehead atoms. The van der Waals surface area contributed by atoms with Gasteiger partial charge >= 0.3 is 0 Å². The lowest BCUT2D eigenvalue weighted by atomic mass is 10.1. The van der Waals surface area contributed by atoms with Crippen molar-refractivity contribution >= 4 is 11.6 Å². The number of para-hydroxylation sites is 1. The number of rotatable bonds is 5. The molecule has 27 heavy (non-hydrogen) atoms. The number of amides is 1. The standard InChI is InChI=1S/C19H20N6O2/c26-19(17-13-25(24-23-17)15-8-10-20-11-9-15)22-14-6-7-18(21-12-14)27-16-4-2-1-3-5-16/h1-7,12-13,15,20H,8-11H2,(H,22,26). The maximum atomic E-state index is 12.4. The van der Waals surface area contributed by atoms with Gasteiger partial charge < -0.3 is 15.4 Å². The molecule has 1 amide bonds. The minimum Gasteiger partial charge on any atom is -0.439 e. The zero-order chi connectivity index (χ0) is 18.5. The van der Waals surface area contributed by atoms with Gasteiger partial charge in [-0.05, 0) is 44.1 Å². The molecule has 138 valence electrons. The molecule has 8 nitrogen and oxygen atoms in total. The third kappa shape index (κ3) is 4.29. The second-order valence-corrected chi connectivity index (χ2v) is 6.32. The zero-order valence-corrected chi connectivity index (χ0v) is 14.7. The smallest absolute Gasteiger partial charge is 0.277 e. The second-order valence-electron chi connectivity index (χ2n) is 6.32. The molecule has 0 atom stereocenters. The van der Waals surface area contributed by atoms with Crippen molar-refractivity contribution in [3.8, 4) is 11.6 Å². The molecule has 0 saturated carbocycles. The Balaban J connectivity index is 1.37. The van der Waals surface area contributed by atoms with Gasteiger partial charge in [0.2, 0.25) is 5.88 Å². The minimum atomic E-state index is -0.311. The number of ether oxygens (including phenoxy) is 1. The lowest BCUT2D eigenvalue weighted by Crippen LogP contribution is -2.29. The molecule has 0 radical (unpaired) electrons. The molecular formula is C19H20N6O2. The summed E-state index contributed by atoms with van der Waals surface area (Å²) in [6.07, 6.45) is 5.22. The summed E-state index contributed by atoms with van der Waals surface area (Å²) >= 11 is 0. The van der Waals surface area contributed by atoms with E-state index in [1.165, 1.54) is 0 Å². The average Bonchev–Trinajstić information content (AvgIpc) is 3.21. The molecule has 1 saturated heterocycles. The van der Waals surface area contributed by atoms with Crippen LogP contribution in [0.4, 0.5) is 5.69 Å². The van der Waals surface area contributed by atoms with Crippen LogP contribution >= 0.6 is 0 Å². The molecule has 1 aromatic carbocycles. The van der Waals surface area contributed by atoms with Crippen LogP contribution in [0.3, 0.4) is 0 Å². The molecule has 0 spiro atoms. The summed E-state index contributed by atoms with van der Waals surface area (Å²) in [6, 6.07) is 13.1. The van der Waals surface area contributed by atoms with Crippen molar-refractivity contribution in [3.63, 3.8) is 0 Å². The minimum absolute atomic E-state index is 0.288. The van der Waals surface area contributed by atoms with Crippen molar-refractivity contribution in [2.75, 3.05) is 18.4 Å². The Morgan fingerprint density at radius 3 is 2.70 bits per heavy atom.